The second kappa shape index (κ2) is 9.49. The highest BCUT2D eigenvalue weighted by Crippen LogP contribution is 2.16. The molecule has 0 unspecified atom stereocenters. The molecule has 1 amide bonds. The van der Waals surface area contributed by atoms with Crippen molar-refractivity contribution < 1.29 is 18.1 Å². The molecule has 1 saturated heterocycles. The minimum Gasteiger partial charge on any atom is -0.325 e. The molecule has 1 aliphatic heterocycles. The average Bonchev–Trinajstić information content (AvgIpc) is 2.70. The van der Waals surface area contributed by atoms with E-state index in [1.54, 1.807) is 36.4 Å². The zero-order valence-corrected chi connectivity index (χ0v) is 17.7. The number of sulfonamides is 1. The largest absolute Gasteiger partial charge is 0.325 e. The van der Waals surface area contributed by atoms with Crippen molar-refractivity contribution in [2.45, 2.75) is 11.8 Å². The Morgan fingerprint density at radius 2 is 1.83 bits per heavy atom. The summed E-state index contributed by atoms with van der Waals surface area (Å²) in [4.78, 5) is 13.4. The van der Waals surface area contributed by atoms with Crippen LogP contribution in [0.1, 0.15) is 11.1 Å². The molecule has 2 aromatic carbocycles. The third-order valence-electron chi connectivity index (χ3n) is 4.80. The van der Waals surface area contributed by atoms with Crippen LogP contribution in [-0.4, -0.2) is 57.6 Å². The van der Waals surface area contributed by atoms with Gasteiger partial charge in [0.05, 0.1) is 37.3 Å². The highest BCUT2D eigenvalue weighted by atomic mass is 35.5. The number of amides is 1. The molecule has 0 saturated carbocycles. The van der Waals surface area contributed by atoms with Crippen LogP contribution in [0.25, 0.3) is 0 Å². The average molecular weight is 436 g/mol. The lowest BCUT2D eigenvalue weighted by Gasteiger charge is -2.31. The Labute approximate surface area is 176 Å². The van der Waals surface area contributed by atoms with Gasteiger partial charge in [0.25, 0.3) is 5.91 Å². The molecule has 0 aromatic heterocycles. The fourth-order valence-electron chi connectivity index (χ4n) is 3.10. The van der Waals surface area contributed by atoms with Crippen molar-refractivity contribution in [3.05, 3.63) is 64.7 Å². The van der Waals surface area contributed by atoms with E-state index in [4.69, 9.17) is 11.6 Å². The Morgan fingerprint density at radius 1 is 1.17 bits per heavy atom. The first kappa shape index (κ1) is 21.4. The van der Waals surface area contributed by atoms with E-state index in [1.165, 1.54) is 10.5 Å². The number of benzene rings is 2. The molecule has 1 heterocycles. The molecule has 1 aliphatic rings. The van der Waals surface area contributed by atoms with Crippen LogP contribution < -0.4 is 10.3 Å². The van der Waals surface area contributed by atoms with Crippen molar-refractivity contribution in [2.24, 2.45) is 5.10 Å². The highest BCUT2D eigenvalue weighted by Gasteiger charge is 2.31. The molecule has 2 aromatic rings. The molecule has 0 bridgehead atoms. The molecule has 0 aliphatic carbocycles. The zero-order valence-electron chi connectivity index (χ0n) is 16.1. The lowest BCUT2D eigenvalue weighted by atomic mass is 10.2. The summed E-state index contributed by atoms with van der Waals surface area (Å²) in [5.41, 5.74) is 4.23. The Hall–Kier alpha value is -2.26. The van der Waals surface area contributed by atoms with Gasteiger partial charge in [-0.15, -0.1) is 0 Å². The summed E-state index contributed by atoms with van der Waals surface area (Å²) >= 11 is 6.04. The van der Waals surface area contributed by atoms with Crippen LogP contribution in [0.5, 0.6) is 0 Å². The van der Waals surface area contributed by atoms with Gasteiger partial charge >= 0.3 is 0 Å². The minimum absolute atomic E-state index is 0.224. The van der Waals surface area contributed by atoms with E-state index >= 15 is 0 Å². The predicted molar refractivity (Wildman–Crippen MR) is 113 cm³/mol. The van der Waals surface area contributed by atoms with Gasteiger partial charge in [0, 0.05) is 10.6 Å². The maximum Gasteiger partial charge on any atom is 0.295 e. The Morgan fingerprint density at radius 3 is 2.48 bits per heavy atom. The number of halogens is 1. The molecule has 7 nitrogen and oxygen atoms in total. The number of carbonyl (C=O) groups excluding carboxylic acids is 1. The normalized spacial score (nSPS) is 16.2. The van der Waals surface area contributed by atoms with E-state index in [1.807, 2.05) is 19.1 Å². The fourth-order valence-corrected chi connectivity index (χ4v) is 4.73. The SMILES string of the molecule is Cc1ccc(S(=O)(=O)N2CC[NH+](CC(=O)N/N=C/c3ccccc3Cl)CC2)cc1. The number of nitrogens with one attached hydrogen (secondary N) is 2. The lowest BCUT2D eigenvalue weighted by Crippen LogP contribution is -3.15. The van der Waals surface area contributed by atoms with Crippen LogP contribution in [0.2, 0.25) is 5.02 Å². The molecule has 9 heteroatoms. The van der Waals surface area contributed by atoms with Gasteiger partial charge in [-0.25, -0.2) is 13.8 Å². The Kier molecular flexibility index (Phi) is 7.02. The first-order chi connectivity index (χ1) is 13.9. The summed E-state index contributed by atoms with van der Waals surface area (Å²) in [6.07, 6.45) is 1.50. The number of piperazine rings is 1. The molecular weight excluding hydrogens is 412 g/mol. The van der Waals surface area contributed by atoms with Crippen LogP contribution in [0.15, 0.2) is 58.5 Å². The van der Waals surface area contributed by atoms with E-state index in [2.05, 4.69) is 10.5 Å². The smallest absolute Gasteiger partial charge is 0.295 e. The third-order valence-corrected chi connectivity index (χ3v) is 7.05. The number of carbonyl (C=O) groups is 1. The minimum atomic E-state index is -3.50. The maximum atomic E-state index is 12.7. The number of aryl methyl sites for hydroxylation is 1. The van der Waals surface area contributed by atoms with Crippen molar-refractivity contribution in [2.75, 3.05) is 32.7 Å². The third kappa shape index (κ3) is 5.63. The van der Waals surface area contributed by atoms with Crippen molar-refractivity contribution in [1.82, 2.24) is 9.73 Å². The number of hydrazone groups is 1. The van der Waals surface area contributed by atoms with Crippen molar-refractivity contribution in [1.29, 1.82) is 0 Å². The topological polar surface area (TPSA) is 83.3 Å². The van der Waals surface area contributed by atoms with Gasteiger partial charge in [-0.2, -0.15) is 9.41 Å². The first-order valence-corrected chi connectivity index (χ1v) is 11.1. The van der Waals surface area contributed by atoms with Gasteiger partial charge in [-0.1, -0.05) is 47.5 Å². The quantitative estimate of drug-likeness (QED) is 0.517. The van der Waals surface area contributed by atoms with E-state index < -0.39 is 10.0 Å². The number of nitrogens with zero attached hydrogens (tertiary/aromatic N) is 2. The number of quaternary nitrogens is 1. The zero-order chi connectivity index (χ0) is 20.9. The monoisotopic (exact) mass is 435 g/mol. The summed E-state index contributed by atoms with van der Waals surface area (Å²) < 4.78 is 27.0. The summed E-state index contributed by atoms with van der Waals surface area (Å²) in [6, 6.07) is 14.1. The summed E-state index contributed by atoms with van der Waals surface area (Å²) in [5, 5.41) is 4.50. The van der Waals surface area contributed by atoms with Gasteiger partial charge in [-0.05, 0) is 25.1 Å². The number of hydrogen-bond acceptors (Lipinski definition) is 4. The molecule has 29 heavy (non-hydrogen) atoms. The Bertz CT molecular complexity index is 985. The summed E-state index contributed by atoms with van der Waals surface area (Å²) in [5.74, 6) is -0.224. The van der Waals surface area contributed by atoms with E-state index in [-0.39, 0.29) is 12.5 Å². The second-order valence-corrected chi connectivity index (χ2v) is 9.30. The number of hydrogen-bond donors (Lipinski definition) is 2. The molecule has 1 fully saturated rings. The maximum absolute atomic E-state index is 12.7. The molecular formula is C20H24ClN4O3S+. The first-order valence-electron chi connectivity index (χ1n) is 9.33. The summed E-state index contributed by atoms with van der Waals surface area (Å²) in [6.45, 7) is 4.03. The Balaban J connectivity index is 1.48. The van der Waals surface area contributed by atoms with Crippen molar-refractivity contribution in [3.8, 4) is 0 Å². The fraction of sp³-hybridized carbons (Fsp3) is 0.300. The molecule has 154 valence electrons. The van der Waals surface area contributed by atoms with Crippen LogP contribution in [0.4, 0.5) is 0 Å². The van der Waals surface area contributed by atoms with Gasteiger partial charge < -0.3 is 4.90 Å². The van der Waals surface area contributed by atoms with Gasteiger partial charge in [0.15, 0.2) is 6.54 Å². The van der Waals surface area contributed by atoms with Crippen LogP contribution in [0.3, 0.4) is 0 Å². The van der Waals surface area contributed by atoms with E-state index in [0.717, 1.165) is 16.0 Å². The van der Waals surface area contributed by atoms with Crippen LogP contribution in [-0.2, 0) is 14.8 Å². The highest BCUT2D eigenvalue weighted by molar-refractivity contribution is 7.89. The van der Waals surface area contributed by atoms with Crippen LogP contribution in [0, 0.1) is 6.92 Å². The molecule has 3 rings (SSSR count). The van der Waals surface area contributed by atoms with Crippen LogP contribution >= 0.6 is 11.6 Å². The summed E-state index contributed by atoms with van der Waals surface area (Å²) in [7, 11) is -3.50. The van der Waals surface area contributed by atoms with Crippen molar-refractivity contribution in [3.63, 3.8) is 0 Å². The second-order valence-electron chi connectivity index (χ2n) is 6.96. The van der Waals surface area contributed by atoms with Gasteiger partial charge in [0.2, 0.25) is 10.0 Å². The van der Waals surface area contributed by atoms with E-state index in [9.17, 15) is 13.2 Å². The van der Waals surface area contributed by atoms with Gasteiger partial charge in [-0.3, -0.25) is 4.79 Å². The van der Waals surface area contributed by atoms with E-state index in [0.29, 0.717) is 36.1 Å². The standard InChI is InChI=1S/C20H23ClN4O3S/c1-16-6-8-18(9-7-16)29(27,28)25-12-10-24(11-13-25)15-20(26)23-22-14-17-4-2-3-5-19(17)21/h2-9,14H,10-13,15H2,1H3,(H,23,26)/p+1/b22-14+. The molecule has 2 N–H and O–H groups in total. The molecule has 0 atom stereocenters. The van der Waals surface area contributed by atoms with Gasteiger partial charge in [0.1, 0.15) is 0 Å². The lowest BCUT2D eigenvalue weighted by molar-refractivity contribution is -0.895. The van der Waals surface area contributed by atoms with Crippen molar-refractivity contribution >= 4 is 33.7 Å². The predicted octanol–water partition coefficient (Wildman–Crippen LogP) is 0.688. The molecule has 0 spiro atoms. The molecule has 0 radical (unpaired) electrons. The number of rotatable bonds is 6.